The molecule has 2 saturated carbocycles. The second-order valence-electron chi connectivity index (χ2n) is 10.8. The number of amides is 1. The Labute approximate surface area is 198 Å². The van der Waals surface area contributed by atoms with Crippen LogP contribution >= 0.6 is 0 Å². The Bertz CT molecular complexity index is 1070. The van der Waals surface area contributed by atoms with E-state index in [4.69, 9.17) is 0 Å². The highest BCUT2D eigenvalue weighted by atomic mass is 32.2. The van der Waals surface area contributed by atoms with Crippen molar-refractivity contribution in [3.8, 4) is 0 Å². The minimum atomic E-state index is -3.67. The fourth-order valence-electron chi connectivity index (χ4n) is 4.77. The third-order valence-electron chi connectivity index (χ3n) is 7.18. The molecule has 0 aromatic heterocycles. The minimum absolute atomic E-state index is 0.0347. The third-order valence-corrected chi connectivity index (χ3v) is 8.58. The Morgan fingerprint density at radius 3 is 2.09 bits per heavy atom. The summed E-state index contributed by atoms with van der Waals surface area (Å²) < 4.78 is 28.3. The third kappa shape index (κ3) is 5.43. The van der Waals surface area contributed by atoms with Crippen molar-refractivity contribution < 1.29 is 13.2 Å². The van der Waals surface area contributed by atoms with Crippen LogP contribution < -0.4 is 10.0 Å². The van der Waals surface area contributed by atoms with Crippen molar-refractivity contribution in [2.45, 2.75) is 81.4 Å². The van der Waals surface area contributed by atoms with Gasteiger partial charge in [-0.2, -0.15) is 0 Å². The molecular formula is C27H36N2O3S. The lowest BCUT2D eigenvalue weighted by Gasteiger charge is -2.23. The van der Waals surface area contributed by atoms with Crippen molar-refractivity contribution >= 4 is 21.6 Å². The number of hydrogen-bond acceptors (Lipinski definition) is 3. The Morgan fingerprint density at radius 1 is 0.939 bits per heavy atom. The molecule has 4 rings (SSSR count). The quantitative estimate of drug-likeness (QED) is 0.562. The summed E-state index contributed by atoms with van der Waals surface area (Å²) in [6.45, 7) is 7.06. The zero-order valence-corrected chi connectivity index (χ0v) is 20.8. The first-order valence-electron chi connectivity index (χ1n) is 12.1. The van der Waals surface area contributed by atoms with Crippen LogP contribution in [-0.2, 0) is 25.6 Å². The lowest BCUT2D eigenvalue weighted by Crippen LogP contribution is -2.38. The maximum absolute atomic E-state index is 12.9. The van der Waals surface area contributed by atoms with Crippen LogP contribution in [0.3, 0.4) is 0 Å². The number of hydrogen-bond donors (Lipinski definition) is 2. The molecule has 0 saturated heterocycles. The molecule has 2 fully saturated rings. The molecule has 178 valence electrons. The van der Waals surface area contributed by atoms with Crippen LogP contribution in [0.1, 0.15) is 76.8 Å². The van der Waals surface area contributed by atoms with E-state index >= 15 is 0 Å². The van der Waals surface area contributed by atoms with E-state index in [1.165, 1.54) is 32.1 Å². The van der Waals surface area contributed by atoms with Gasteiger partial charge >= 0.3 is 0 Å². The normalized spacial score (nSPS) is 18.5. The molecular weight excluding hydrogens is 432 g/mol. The molecule has 0 bridgehead atoms. The van der Waals surface area contributed by atoms with Crippen molar-refractivity contribution in [1.29, 1.82) is 0 Å². The summed E-state index contributed by atoms with van der Waals surface area (Å²) in [4.78, 5) is 13.2. The summed E-state index contributed by atoms with van der Waals surface area (Å²) in [6, 6.07) is 14.3. The average Bonchev–Trinajstić information content (AvgIpc) is 3.60. The van der Waals surface area contributed by atoms with Crippen LogP contribution in [0.25, 0.3) is 0 Å². The van der Waals surface area contributed by atoms with Gasteiger partial charge in [0.1, 0.15) is 0 Å². The van der Waals surface area contributed by atoms with Gasteiger partial charge < -0.3 is 5.32 Å². The molecule has 0 radical (unpaired) electrons. The minimum Gasteiger partial charge on any atom is -0.355 e. The molecule has 33 heavy (non-hydrogen) atoms. The van der Waals surface area contributed by atoms with Crippen molar-refractivity contribution in [2.75, 3.05) is 11.3 Å². The molecule has 0 aliphatic heterocycles. The van der Waals surface area contributed by atoms with E-state index in [-0.39, 0.29) is 16.2 Å². The standard InChI is InChI=1S/C27H36N2O3S/c1-26(2,3)21-11-15-24(16-12-21)33(31,32)29-23-13-9-22(10-14-23)27(17-18-27)25(30)28-19-20-7-5-4-6-8-20/h9-16,20,29H,4-8,17-19H2,1-3H3,(H,28,30). The van der Waals surface area contributed by atoms with E-state index in [2.05, 4.69) is 30.8 Å². The van der Waals surface area contributed by atoms with Gasteiger partial charge in [-0.1, -0.05) is 64.3 Å². The Morgan fingerprint density at radius 2 is 1.55 bits per heavy atom. The number of nitrogens with one attached hydrogen (secondary N) is 2. The highest BCUT2D eigenvalue weighted by molar-refractivity contribution is 7.92. The summed E-state index contributed by atoms with van der Waals surface area (Å²) in [7, 11) is -3.67. The molecule has 2 aromatic rings. The van der Waals surface area contributed by atoms with Crippen LogP contribution in [0.15, 0.2) is 53.4 Å². The molecule has 0 atom stereocenters. The van der Waals surface area contributed by atoms with E-state index in [0.717, 1.165) is 30.5 Å². The van der Waals surface area contributed by atoms with Gasteiger partial charge in [-0.3, -0.25) is 9.52 Å². The molecule has 2 aromatic carbocycles. The van der Waals surface area contributed by atoms with Gasteiger partial charge in [0.15, 0.2) is 0 Å². The zero-order valence-electron chi connectivity index (χ0n) is 20.0. The summed E-state index contributed by atoms with van der Waals surface area (Å²) in [5, 5.41) is 3.19. The first-order chi connectivity index (χ1) is 15.6. The Balaban J connectivity index is 1.40. The molecule has 6 heteroatoms. The van der Waals surface area contributed by atoms with Crippen LogP contribution in [0.4, 0.5) is 5.69 Å². The van der Waals surface area contributed by atoms with Crippen molar-refractivity contribution in [2.24, 2.45) is 5.92 Å². The van der Waals surface area contributed by atoms with Crippen molar-refractivity contribution in [3.63, 3.8) is 0 Å². The Kier molecular flexibility index (Phi) is 6.59. The van der Waals surface area contributed by atoms with Gasteiger partial charge in [0.2, 0.25) is 5.91 Å². The fourth-order valence-corrected chi connectivity index (χ4v) is 5.83. The van der Waals surface area contributed by atoms with Gasteiger partial charge in [0, 0.05) is 12.2 Å². The lowest BCUT2D eigenvalue weighted by atomic mass is 9.87. The number of sulfonamides is 1. The topological polar surface area (TPSA) is 75.3 Å². The highest BCUT2D eigenvalue weighted by Gasteiger charge is 2.51. The van der Waals surface area contributed by atoms with E-state index in [9.17, 15) is 13.2 Å². The number of anilines is 1. The summed E-state index contributed by atoms with van der Waals surface area (Å²) in [6.07, 6.45) is 7.95. The van der Waals surface area contributed by atoms with Crippen molar-refractivity contribution in [3.05, 3.63) is 59.7 Å². The Hall–Kier alpha value is -2.34. The molecule has 0 unspecified atom stereocenters. The van der Waals surface area contributed by atoms with Crippen LogP contribution in [-0.4, -0.2) is 20.9 Å². The van der Waals surface area contributed by atoms with Crippen molar-refractivity contribution in [1.82, 2.24) is 5.32 Å². The van der Waals surface area contributed by atoms with Gasteiger partial charge in [0.05, 0.1) is 10.3 Å². The van der Waals surface area contributed by atoms with E-state index < -0.39 is 15.4 Å². The lowest BCUT2D eigenvalue weighted by molar-refractivity contribution is -0.123. The number of carbonyl (C=O) groups excluding carboxylic acids is 1. The predicted molar refractivity (Wildman–Crippen MR) is 133 cm³/mol. The molecule has 5 nitrogen and oxygen atoms in total. The summed E-state index contributed by atoms with van der Waals surface area (Å²) in [5.74, 6) is 0.716. The summed E-state index contributed by atoms with van der Waals surface area (Å²) >= 11 is 0. The van der Waals surface area contributed by atoms with Gasteiger partial charge in [-0.15, -0.1) is 0 Å². The fraction of sp³-hybridized carbons (Fsp3) is 0.519. The maximum atomic E-state index is 12.9. The van der Waals surface area contributed by atoms with E-state index in [1.54, 1.807) is 24.3 Å². The predicted octanol–water partition coefficient (Wildman–Crippen LogP) is 5.51. The number of rotatable bonds is 7. The zero-order chi connectivity index (χ0) is 23.7. The monoisotopic (exact) mass is 468 g/mol. The van der Waals surface area contributed by atoms with Gasteiger partial charge in [-0.05, 0) is 72.4 Å². The van der Waals surface area contributed by atoms with Crippen LogP contribution in [0.5, 0.6) is 0 Å². The number of benzene rings is 2. The second kappa shape index (κ2) is 9.13. The first-order valence-corrected chi connectivity index (χ1v) is 13.6. The van der Waals surface area contributed by atoms with Gasteiger partial charge in [0.25, 0.3) is 10.0 Å². The van der Waals surface area contributed by atoms with Gasteiger partial charge in [-0.25, -0.2) is 8.42 Å². The molecule has 1 amide bonds. The molecule has 2 N–H and O–H groups in total. The van der Waals surface area contributed by atoms with Crippen LogP contribution in [0, 0.1) is 5.92 Å². The first kappa shape index (κ1) is 23.8. The molecule has 2 aliphatic carbocycles. The SMILES string of the molecule is CC(C)(C)c1ccc(S(=O)(=O)Nc2ccc(C3(C(=O)NCC4CCCCC4)CC3)cc2)cc1. The largest absolute Gasteiger partial charge is 0.355 e. The molecule has 0 heterocycles. The van der Waals surface area contributed by atoms with E-state index in [1.807, 2.05) is 24.3 Å². The highest BCUT2D eigenvalue weighted by Crippen LogP contribution is 2.48. The average molecular weight is 469 g/mol. The molecule has 2 aliphatic rings. The molecule has 0 spiro atoms. The maximum Gasteiger partial charge on any atom is 0.261 e. The smallest absolute Gasteiger partial charge is 0.261 e. The number of carbonyl (C=O) groups is 1. The summed E-state index contributed by atoms with van der Waals surface area (Å²) in [5.41, 5.74) is 2.06. The van der Waals surface area contributed by atoms with E-state index in [0.29, 0.717) is 11.6 Å². The second-order valence-corrected chi connectivity index (χ2v) is 12.4. The van der Waals surface area contributed by atoms with Crippen LogP contribution in [0.2, 0.25) is 0 Å².